The second-order valence-corrected chi connectivity index (χ2v) is 13.3. The molecule has 2 atom stereocenters. The number of nitrogens with one attached hydrogen (secondary N) is 2. The van der Waals surface area contributed by atoms with Crippen molar-refractivity contribution in [3.63, 3.8) is 0 Å². The molecule has 2 N–H and O–H groups in total. The molecule has 3 aliphatic rings. The highest BCUT2D eigenvalue weighted by molar-refractivity contribution is 7.93. The molecule has 1 amide bonds. The number of hydrogen-bond acceptors (Lipinski definition) is 6. The topological polar surface area (TPSA) is 105 Å². The maximum absolute atomic E-state index is 13.8. The number of ketones is 1. The molecular formula is C29H37N3O5S. The number of ether oxygens (including phenoxy) is 1. The van der Waals surface area contributed by atoms with Crippen LogP contribution in [0.15, 0.2) is 47.4 Å². The molecule has 38 heavy (non-hydrogen) atoms. The standard InChI is InChI=1S/C29H37N3O5S/c1-27(2)28(3)14-15-29(27,19-25(28)33)26(34)30-20-12-13-22(32-16-8-5-9-17-32)24(18-20)38(35,36)31-21-10-6-7-11-23(21)37-4/h6-7,10-13,18,31H,5,8-9,14-17,19H2,1-4H3,(H,30,34)/t28-,29-/m1/s1. The van der Waals surface area contributed by atoms with Crippen molar-refractivity contribution < 1.29 is 22.7 Å². The number of benzene rings is 2. The Morgan fingerprint density at radius 3 is 2.34 bits per heavy atom. The Hall–Kier alpha value is -3.07. The molecular weight excluding hydrogens is 502 g/mol. The molecule has 0 spiro atoms. The SMILES string of the molecule is COc1ccccc1NS(=O)(=O)c1cc(NC(=O)[C@@]23CC[C@](C)(C(=O)C2)C3(C)C)ccc1N1CCCCC1. The number of sulfonamides is 1. The molecule has 204 valence electrons. The lowest BCUT2D eigenvalue weighted by Gasteiger charge is -2.38. The second-order valence-electron chi connectivity index (χ2n) is 11.6. The van der Waals surface area contributed by atoms with Gasteiger partial charge in [0, 0.05) is 30.6 Å². The highest BCUT2D eigenvalue weighted by Crippen LogP contribution is 2.70. The zero-order valence-electron chi connectivity index (χ0n) is 22.6. The average Bonchev–Trinajstić information content (AvgIpc) is 3.20. The minimum atomic E-state index is -4.03. The third kappa shape index (κ3) is 3.97. The van der Waals surface area contributed by atoms with E-state index in [1.54, 1.807) is 36.4 Å². The van der Waals surface area contributed by atoms with Gasteiger partial charge in [-0.1, -0.05) is 32.9 Å². The summed E-state index contributed by atoms with van der Waals surface area (Å²) in [6, 6.07) is 11.9. The molecule has 2 aromatic carbocycles. The summed E-state index contributed by atoms with van der Waals surface area (Å²) >= 11 is 0. The lowest BCUT2D eigenvalue weighted by Crippen LogP contribution is -2.43. The Balaban J connectivity index is 1.51. The zero-order chi connectivity index (χ0) is 27.3. The third-order valence-corrected chi connectivity index (χ3v) is 11.1. The maximum Gasteiger partial charge on any atom is 0.264 e. The van der Waals surface area contributed by atoms with Crippen LogP contribution in [0.1, 0.15) is 59.3 Å². The quantitative estimate of drug-likeness (QED) is 0.501. The van der Waals surface area contributed by atoms with Gasteiger partial charge in [0.1, 0.15) is 16.4 Å². The van der Waals surface area contributed by atoms with Crippen LogP contribution in [0.25, 0.3) is 0 Å². The van der Waals surface area contributed by atoms with Gasteiger partial charge in [0.15, 0.2) is 0 Å². The molecule has 9 heteroatoms. The van der Waals surface area contributed by atoms with Crippen molar-refractivity contribution in [1.82, 2.24) is 0 Å². The van der Waals surface area contributed by atoms with E-state index in [0.717, 1.165) is 32.4 Å². The first-order valence-corrected chi connectivity index (χ1v) is 14.8. The highest BCUT2D eigenvalue weighted by Gasteiger charge is 2.72. The molecule has 2 aromatic rings. The van der Waals surface area contributed by atoms with Gasteiger partial charge in [0.25, 0.3) is 10.0 Å². The maximum atomic E-state index is 13.8. The fourth-order valence-electron chi connectivity index (χ4n) is 6.74. The Morgan fingerprint density at radius 2 is 1.71 bits per heavy atom. The predicted molar refractivity (Wildman–Crippen MR) is 148 cm³/mol. The van der Waals surface area contributed by atoms with Crippen LogP contribution in [0.4, 0.5) is 17.1 Å². The predicted octanol–water partition coefficient (Wildman–Crippen LogP) is 5.21. The van der Waals surface area contributed by atoms with Gasteiger partial charge in [0.05, 0.1) is 23.9 Å². The largest absolute Gasteiger partial charge is 0.495 e. The number of piperidine rings is 1. The van der Waals surface area contributed by atoms with Crippen molar-refractivity contribution in [3.8, 4) is 5.75 Å². The Morgan fingerprint density at radius 1 is 1.00 bits per heavy atom. The summed E-state index contributed by atoms with van der Waals surface area (Å²) in [6.45, 7) is 7.52. The first-order valence-electron chi connectivity index (χ1n) is 13.3. The lowest BCUT2D eigenvalue weighted by molar-refractivity contribution is -0.131. The van der Waals surface area contributed by atoms with E-state index >= 15 is 0 Å². The van der Waals surface area contributed by atoms with E-state index in [2.05, 4.69) is 14.9 Å². The summed E-state index contributed by atoms with van der Waals surface area (Å²) in [5.74, 6) is 0.328. The van der Waals surface area contributed by atoms with Gasteiger partial charge >= 0.3 is 0 Å². The zero-order valence-corrected chi connectivity index (χ0v) is 23.4. The molecule has 0 aromatic heterocycles. The van der Waals surface area contributed by atoms with Gasteiger partial charge in [-0.25, -0.2) is 8.42 Å². The number of rotatable bonds is 7. The molecule has 2 bridgehead atoms. The van der Waals surface area contributed by atoms with E-state index in [0.29, 0.717) is 35.7 Å². The van der Waals surface area contributed by atoms with E-state index in [-0.39, 0.29) is 23.0 Å². The number of anilines is 3. The number of amides is 1. The van der Waals surface area contributed by atoms with E-state index in [1.165, 1.54) is 13.2 Å². The number of carbonyl (C=O) groups is 2. The van der Waals surface area contributed by atoms with Gasteiger partial charge in [-0.2, -0.15) is 0 Å². The summed E-state index contributed by atoms with van der Waals surface area (Å²) in [5, 5.41) is 3.00. The summed E-state index contributed by atoms with van der Waals surface area (Å²) in [7, 11) is -2.54. The molecule has 2 saturated carbocycles. The smallest absolute Gasteiger partial charge is 0.264 e. The van der Waals surface area contributed by atoms with Crippen LogP contribution in [0, 0.1) is 16.2 Å². The van der Waals surface area contributed by atoms with Crippen molar-refractivity contribution >= 4 is 38.8 Å². The van der Waals surface area contributed by atoms with Crippen LogP contribution >= 0.6 is 0 Å². The Kier molecular flexibility index (Phi) is 6.49. The van der Waals surface area contributed by atoms with Crippen LogP contribution < -0.4 is 19.7 Å². The van der Waals surface area contributed by atoms with Crippen molar-refractivity contribution in [2.45, 2.75) is 64.2 Å². The Bertz CT molecular complexity index is 1380. The van der Waals surface area contributed by atoms with Crippen molar-refractivity contribution in [3.05, 3.63) is 42.5 Å². The number of methoxy groups -OCH3 is 1. The monoisotopic (exact) mass is 539 g/mol. The van der Waals surface area contributed by atoms with Crippen molar-refractivity contribution in [2.75, 3.05) is 35.1 Å². The van der Waals surface area contributed by atoms with Crippen LogP contribution in [-0.2, 0) is 19.6 Å². The van der Waals surface area contributed by atoms with E-state index in [4.69, 9.17) is 4.74 Å². The minimum Gasteiger partial charge on any atom is -0.495 e. The van der Waals surface area contributed by atoms with Gasteiger partial charge in [-0.05, 0) is 67.9 Å². The summed E-state index contributed by atoms with van der Waals surface area (Å²) in [5.41, 5.74) is -0.476. The number of hydrogen-bond donors (Lipinski definition) is 2. The van der Waals surface area contributed by atoms with Gasteiger partial charge < -0.3 is 15.0 Å². The third-order valence-electron chi connectivity index (χ3n) is 9.70. The number of nitrogens with zero attached hydrogens (tertiary/aromatic N) is 1. The van der Waals surface area contributed by atoms with Gasteiger partial charge in [-0.3, -0.25) is 14.3 Å². The van der Waals surface area contributed by atoms with Crippen LogP contribution in [0.5, 0.6) is 5.75 Å². The van der Waals surface area contributed by atoms with Crippen LogP contribution in [0.3, 0.4) is 0 Å². The molecule has 2 aliphatic carbocycles. The number of fused-ring (bicyclic) bond motifs is 2. The second kappa shape index (κ2) is 9.29. The Labute approximate surface area is 225 Å². The van der Waals surface area contributed by atoms with Crippen LogP contribution in [0.2, 0.25) is 0 Å². The first kappa shape index (κ1) is 26.5. The molecule has 1 heterocycles. The van der Waals surface area contributed by atoms with Crippen molar-refractivity contribution in [1.29, 1.82) is 0 Å². The normalized spacial score (nSPS) is 26.3. The number of para-hydroxylation sites is 2. The molecule has 8 nitrogen and oxygen atoms in total. The lowest BCUT2D eigenvalue weighted by atomic mass is 9.64. The fourth-order valence-corrected chi connectivity index (χ4v) is 8.07. The molecule has 1 saturated heterocycles. The van der Waals surface area contributed by atoms with E-state index in [1.807, 2.05) is 20.8 Å². The minimum absolute atomic E-state index is 0.0959. The first-order chi connectivity index (χ1) is 17.9. The molecule has 0 unspecified atom stereocenters. The molecule has 5 rings (SSSR count). The van der Waals surface area contributed by atoms with Gasteiger partial charge in [0.2, 0.25) is 5.91 Å². The van der Waals surface area contributed by atoms with Crippen molar-refractivity contribution in [2.24, 2.45) is 16.2 Å². The number of carbonyl (C=O) groups excluding carboxylic acids is 2. The van der Waals surface area contributed by atoms with E-state index < -0.39 is 26.3 Å². The summed E-state index contributed by atoms with van der Waals surface area (Å²) < 4.78 is 35.6. The molecule has 0 radical (unpaired) electrons. The fraction of sp³-hybridized carbons (Fsp3) is 0.517. The van der Waals surface area contributed by atoms with Gasteiger partial charge in [-0.15, -0.1) is 0 Å². The number of Topliss-reactive ketones (excluding diaryl/α,β-unsaturated/α-hetero) is 1. The molecule has 3 fully saturated rings. The molecule has 1 aliphatic heterocycles. The van der Waals surface area contributed by atoms with E-state index in [9.17, 15) is 18.0 Å². The summed E-state index contributed by atoms with van der Waals surface area (Å²) in [6.07, 6.45) is 4.63. The summed E-state index contributed by atoms with van der Waals surface area (Å²) in [4.78, 5) is 28.8. The van der Waals surface area contributed by atoms with Crippen LogP contribution in [-0.4, -0.2) is 40.3 Å². The average molecular weight is 540 g/mol. The highest BCUT2D eigenvalue weighted by atomic mass is 32.2.